The van der Waals surface area contributed by atoms with Crippen molar-refractivity contribution in [2.24, 2.45) is 0 Å². The van der Waals surface area contributed by atoms with Gasteiger partial charge in [0.05, 0.1) is 13.4 Å². The van der Waals surface area contributed by atoms with Crippen LogP contribution in [0.3, 0.4) is 0 Å². The molecule has 0 saturated carbocycles. The highest BCUT2D eigenvalue weighted by atomic mass is 32.2. The minimum Gasteiger partial charge on any atom is -0.616 e. The molecule has 0 rings (SSSR count). The molecule has 2 unspecified atom stereocenters. The van der Waals surface area contributed by atoms with Gasteiger partial charge in [0, 0.05) is 6.42 Å². The first-order valence-corrected chi connectivity index (χ1v) is 6.65. The molecule has 0 saturated heterocycles. The molecule has 0 heterocycles. The molecule has 0 aromatic heterocycles. The van der Waals surface area contributed by atoms with Crippen LogP contribution in [0.5, 0.6) is 0 Å². The molecule has 14 heavy (non-hydrogen) atoms. The van der Waals surface area contributed by atoms with Gasteiger partial charge in [-0.25, -0.2) is 4.79 Å². The number of carbonyl (C=O) groups excluding carboxylic acids is 1. The standard InChI is InChI=1S/C10H20O3S/c1-4-5-6-7-8-9(14(3)12)10(11)13-2/h9H,4-8H2,1-3H3. The second kappa shape index (κ2) is 8.12. The molecule has 0 aliphatic rings. The topological polar surface area (TPSA) is 49.4 Å². The molecular formula is C10H20O3S. The summed E-state index contributed by atoms with van der Waals surface area (Å²) in [6.45, 7) is 2.13. The molecule has 84 valence electrons. The van der Waals surface area contributed by atoms with Gasteiger partial charge in [-0.3, -0.25) is 0 Å². The van der Waals surface area contributed by atoms with Gasteiger partial charge in [-0.1, -0.05) is 26.2 Å². The van der Waals surface area contributed by atoms with Crippen LogP contribution in [-0.4, -0.2) is 29.1 Å². The molecule has 4 heteroatoms. The summed E-state index contributed by atoms with van der Waals surface area (Å²) in [4.78, 5) is 11.2. The van der Waals surface area contributed by atoms with Crippen LogP contribution < -0.4 is 0 Å². The van der Waals surface area contributed by atoms with E-state index in [-0.39, 0.29) is 5.97 Å². The molecule has 0 fully saturated rings. The van der Waals surface area contributed by atoms with Crippen LogP contribution in [-0.2, 0) is 20.7 Å². The second-order valence-electron chi connectivity index (χ2n) is 3.36. The summed E-state index contributed by atoms with van der Waals surface area (Å²) in [6, 6.07) is 0. The van der Waals surface area contributed by atoms with Crippen LogP contribution in [0, 0.1) is 0 Å². The normalized spacial score (nSPS) is 14.9. The van der Waals surface area contributed by atoms with Crippen molar-refractivity contribution in [2.75, 3.05) is 13.4 Å². The maximum Gasteiger partial charge on any atom is 0.359 e. The van der Waals surface area contributed by atoms with Crippen molar-refractivity contribution in [3.63, 3.8) is 0 Å². The molecular weight excluding hydrogens is 200 g/mol. The highest BCUT2D eigenvalue weighted by Gasteiger charge is 2.27. The van der Waals surface area contributed by atoms with Crippen LogP contribution in [0.2, 0.25) is 0 Å². The van der Waals surface area contributed by atoms with Gasteiger partial charge in [-0.05, 0) is 17.6 Å². The number of unbranched alkanes of at least 4 members (excludes halogenated alkanes) is 3. The Morgan fingerprint density at radius 2 is 2.07 bits per heavy atom. The molecule has 0 amide bonds. The van der Waals surface area contributed by atoms with Crippen LogP contribution in [0.1, 0.15) is 39.0 Å². The SMILES string of the molecule is CCCCCCC(C(=O)OC)[S+](C)[O-]. The fourth-order valence-electron chi connectivity index (χ4n) is 1.31. The highest BCUT2D eigenvalue weighted by Crippen LogP contribution is 2.12. The van der Waals surface area contributed by atoms with Gasteiger partial charge in [0.2, 0.25) is 5.25 Å². The van der Waals surface area contributed by atoms with Crippen LogP contribution in [0.25, 0.3) is 0 Å². The van der Waals surface area contributed by atoms with Gasteiger partial charge in [-0.2, -0.15) is 0 Å². The van der Waals surface area contributed by atoms with Gasteiger partial charge < -0.3 is 9.29 Å². The van der Waals surface area contributed by atoms with Crippen molar-refractivity contribution in [3.8, 4) is 0 Å². The molecule has 0 N–H and O–H groups in total. The smallest absolute Gasteiger partial charge is 0.359 e. The Hall–Kier alpha value is -0.220. The molecule has 0 aliphatic heterocycles. The van der Waals surface area contributed by atoms with E-state index in [1.54, 1.807) is 6.26 Å². The van der Waals surface area contributed by atoms with Crippen molar-refractivity contribution < 1.29 is 14.1 Å². The minimum absolute atomic E-state index is 0.345. The van der Waals surface area contributed by atoms with Crippen molar-refractivity contribution in [1.82, 2.24) is 0 Å². The summed E-state index contributed by atoms with van der Waals surface area (Å²) in [5.41, 5.74) is 0. The third kappa shape index (κ3) is 5.50. The summed E-state index contributed by atoms with van der Waals surface area (Å²) in [5, 5.41) is -0.433. The Kier molecular flexibility index (Phi) is 7.99. The second-order valence-corrected chi connectivity index (χ2v) is 4.93. The van der Waals surface area contributed by atoms with E-state index >= 15 is 0 Å². The number of methoxy groups -OCH3 is 1. The Labute approximate surface area is 89.4 Å². The van der Waals surface area contributed by atoms with Crippen molar-refractivity contribution in [3.05, 3.63) is 0 Å². The number of hydrogen-bond acceptors (Lipinski definition) is 3. The van der Waals surface area contributed by atoms with E-state index in [9.17, 15) is 9.35 Å². The number of esters is 1. The highest BCUT2D eigenvalue weighted by molar-refractivity contribution is 7.92. The average molecular weight is 220 g/mol. The Morgan fingerprint density at radius 1 is 1.43 bits per heavy atom. The lowest BCUT2D eigenvalue weighted by atomic mass is 10.1. The maximum absolute atomic E-state index is 11.2. The van der Waals surface area contributed by atoms with Crippen LogP contribution in [0.15, 0.2) is 0 Å². The van der Waals surface area contributed by atoms with Gasteiger partial charge in [-0.15, -0.1) is 0 Å². The number of carbonyl (C=O) groups is 1. The lowest BCUT2D eigenvalue weighted by Gasteiger charge is -2.15. The zero-order chi connectivity index (χ0) is 11.0. The van der Waals surface area contributed by atoms with E-state index < -0.39 is 16.4 Å². The van der Waals surface area contributed by atoms with Crippen molar-refractivity contribution in [2.45, 2.75) is 44.3 Å². The number of rotatable bonds is 7. The van der Waals surface area contributed by atoms with E-state index in [0.717, 1.165) is 19.3 Å². The molecule has 0 aliphatic carbocycles. The van der Waals surface area contributed by atoms with E-state index in [1.165, 1.54) is 13.5 Å². The first-order valence-electron chi connectivity index (χ1n) is 5.03. The first-order chi connectivity index (χ1) is 6.63. The van der Waals surface area contributed by atoms with Gasteiger partial charge >= 0.3 is 5.97 Å². The fourth-order valence-corrected chi connectivity index (χ4v) is 2.17. The Morgan fingerprint density at radius 3 is 2.50 bits per heavy atom. The summed E-state index contributed by atoms with van der Waals surface area (Å²) in [5.74, 6) is -0.345. The Bertz CT molecular complexity index is 159. The fraction of sp³-hybridized carbons (Fsp3) is 0.900. The van der Waals surface area contributed by atoms with Gasteiger partial charge in [0.1, 0.15) is 0 Å². The van der Waals surface area contributed by atoms with Gasteiger partial charge in [0.25, 0.3) is 0 Å². The Balaban J connectivity index is 3.80. The minimum atomic E-state index is -1.11. The zero-order valence-electron chi connectivity index (χ0n) is 9.25. The van der Waals surface area contributed by atoms with Crippen molar-refractivity contribution in [1.29, 1.82) is 0 Å². The number of ether oxygens (including phenoxy) is 1. The predicted octanol–water partition coefficient (Wildman–Crippen LogP) is 1.88. The average Bonchev–Trinajstić information content (AvgIpc) is 2.16. The van der Waals surface area contributed by atoms with Gasteiger partial charge in [0.15, 0.2) is 0 Å². The van der Waals surface area contributed by atoms with Crippen LogP contribution in [0.4, 0.5) is 0 Å². The van der Waals surface area contributed by atoms with E-state index in [2.05, 4.69) is 11.7 Å². The monoisotopic (exact) mass is 220 g/mol. The molecule has 2 atom stereocenters. The predicted molar refractivity (Wildman–Crippen MR) is 58.6 cm³/mol. The molecule has 0 aromatic rings. The molecule has 0 radical (unpaired) electrons. The van der Waals surface area contributed by atoms with E-state index in [0.29, 0.717) is 6.42 Å². The summed E-state index contributed by atoms with van der Waals surface area (Å²) < 4.78 is 15.8. The van der Waals surface area contributed by atoms with Crippen molar-refractivity contribution >= 4 is 17.1 Å². The molecule has 3 nitrogen and oxygen atoms in total. The number of hydrogen-bond donors (Lipinski definition) is 0. The maximum atomic E-state index is 11.2. The molecule has 0 aromatic carbocycles. The first kappa shape index (κ1) is 13.8. The summed E-state index contributed by atoms with van der Waals surface area (Å²) in [7, 11) is 1.34. The third-order valence-corrected chi connectivity index (χ3v) is 3.41. The molecule has 0 bridgehead atoms. The largest absolute Gasteiger partial charge is 0.616 e. The molecule has 0 spiro atoms. The quantitative estimate of drug-likeness (QED) is 0.374. The van der Waals surface area contributed by atoms with E-state index in [4.69, 9.17) is 0 Å². The lowest BCUT2D eigenvalue weighted by molar-refractivity contribution is -0.140. The third-order valence-electron chi connectivity index (χ3n) is 2.18. The lowest BCUT2D eigenvalue weighted by Crippen LogP contribution is -2.30. The van der Waals surface area contributed by atoms with Crippen LogP contribution >= 0.6 is 0 Å². The zero-order valence-corrected chi connectivity index (χ0v) is 10.1. The summed E-state index contributed by atoms with van der Waals surface area (Å²) >= 11 is -1.11. The van der Waals surface area contributed by atoms with E-state index in [1.807, 2.05) is 0 Å². The summed E-state index contributed by atoms with van der Waals surface area (Å²) in [6.07, 6.45) is 6.62.